The third kappa shape index (κ3) is 2.61. The molecule has 0 amide bonds. The van der Waals surface area contributed by atoms with Gasteiger partial charge in [0, 0.05) is 18.7 Å². The number of rotatable bonds is 4. The van der Waals surface area contributed by atoms with E-state index in [1.54, 1.807) is 12.1 Å². The molecular formula is C13H19N3O2. The Kier molecular flexibility index (Phi) is 3.81. The first kappa shape index (κ1) is 12.8. The van der Waals surface area contributed by atoms with E-state index in [4.69, 9.17) is 0 Å². The van der Waals surface area contributed by atoms with E-state index in [9.17, 15) is 10.1 Å². The van der Waals surface area contributed by atoms with Gasteiger partial charge in [0.25, 0.3) is 5.69 Å². The molecule has 1 aliphatic rings. The van der Waals surface area contributed by atoms with Crippen LogP contribution in [-0.4, -0.2) is 36.0 Å². The second-order valence-electron chi connectivity index (χ2n) is 4.88. The smallest absolute Gasteiger partial charge is 0.292 e. The van der Waals surface area contributed by atoms with E-state index < -0.39 is 0 Å². The van der Waals surface area contributed by atoms with E-state index in [1.807, 2.05) is 13.0 Å². The van der Waals surface area contributed by atoms with Crippen LogP contribution in [0.3, 0.4) is 0 Å². The Morgan fingerprint density at radius 2 is 2.33 bits per heavy atom. The van der Waals surface area contributed by atoms with Crippen molar-refractivity contribution in [3.8, 4) is 0 Å². The lowest BCUT2D eigenvalue weighted by molar-refractivity contribution is -0.384. The van der Waals surface area contributed by atoms with E-state index in [1.165, 1.54) is 6.42 Å². The second-order valence-corrected chi connectivity index (χ2v) is 4.88. The molecule has 1 aliphatic heterocycles. The Labute approximate surface area is 107 Å². The molecule has 0 aliphatic carbocycles. The van der Waals surface area contributed by atoms with Gasteiger partial charge >= 0.3 is 0 Å². The molecule has 1 aromatic rings. The predicted molar refractivity (Wildman–Crippen MR) is 72.0 cm³/mol. The van der Waals surface area contributed by atoms with Crippen molar-refractivity contribution in [2.75, 3.05) is 25.5 Å². The van der Waals surface area contributed by atoms with Gasteiger partial charge in [0.2, 0.25) is 0 Å². The number of nitrogens with zero attached hydrogens (tertiary/aromatic N) is 2. The van der Waals surface area contributed by atoms with Crippen LogP contribution in [-0.2, 0) is 0 Å². The van der Waals surface area contributed by atoms with Crippen molar-refractivity contribution >= 4 is 11.4 Å². The van der Waals surface area contributed by atoms with Crippen LogP contribution in [0.1, 0.15) is 18.4 Å². The SMILES string of the molecule is Cc1cccc([N+](=O)[O-])c1NCC1CCCN1C. The fourth-order valence-electron chi connectivity index (χ4n) is 2.49. The molecular weight excluding hydrogens is 230 g/mol. The van der Waals surface area contributed by atoms with Gasteiger partial charge < -0.3 is 10.2 Å². The van der Waals surface area contributed by atoms with E-state index >= 15 is 0 Å². The second kappa shape index (κ2) is 5.35. The summed E-state index contributed by atoms with van der Waals surface area (Å²) in [5, 5.41) is 14.2. The van der Waals surface area contributed by atoms with Crippen LogP contribution < -0.4 is 5.32 Å². The van der Waals surface area contributed by atoms with Crippen LogP contribution in [0.4, 0.5) is 11.4 Å². The Balaban J connectivity index is 2.11. The predicted octanol–water partition coefficient (Wildman–Crippen LogP) is 2.41. The lowest BCUT2D eigenvalue weighted by atomic mass is 10.1. The molecule has 5 nitrogen and oxygen atoms in total. The lowest BCUT2D eigenvalue weighted by Gasteiger charge is -2.20. The van der Waals surface area contributed by atoms with Crippen LogP contribution in [0.5, 0.6) is 0 Å². The first-order valence-corrected chi connectivity index (χ1v) is 6.27. The van der Waals surface area contributed by atoms with Crippen LogP contribution in [0.15, 0.2) is 18.2 Å². The number of hydrogen-bond donors (Lipinski definition) is 1. The van der Waals surface area contributed by atoms with Crippen molar-refractivity contribution in [1.29, 1.82) is 0 Å². The Morgan fingerprint density at radius 1 is 1.56 bits per heavy atom. The van der Waals surface area contributed by atoms with Gasteiger partial charge in [0.15, 0.2) is 0 Å². The summed E-state index contributed by atoms with van der Waals surface area (Å²) < 4.78 is 0. The molecule has 1 fully saturated rings. The summed E-state index contributed by atoms with van der Waals surface area (Å²) in [6.07, 6.45) is 2.36. The number of benzene rings is 1. The zero-order valence-corrected chi connectivity index (χ0v) is 10.8. The molecule has 1 N–H and O–H groups in total. The minimum Gasteiger partial charge on any atom is -0.378 e. The Hall–Kier alpha value is -1.62. The van der Waals surface area contributed by atoms with Gasteiger partial charge in [0.05, 0.1) is 4.92 Å². The lowest BCUT2D eigenvalue weighted by Crippen LogP contribution is -2.31. The molecule has 0 saturated carbocycles. The van der Waals surface area contributed by atoms with Gasteiger partial charge in [-0.05, 0) is 38.9 Å². The van der Waals surface area contributed by atoms with Crippen molar-refractivity contribution in [1.82, 2.24) is 4.90 Å². The van der Waals surface area contributed by atoms with Gasteiger partial charge in [-0.15, -0.1) is 0 Å². The monoisotopic (exact) mass is 249 g/mol. The highest BCUT2D eigenvalue weighted by molar-refractivity contribution is 5.66. The average molecular weight is 249 g/mol. The first-order valence-electron chi connectivity index (χ1n) is 6.27. The zero-order valence-electron chi connectivity index (χ0n) is 10.8. The Morgan fingerprint density at radius 3 is 2.94 bits per heavy atom. The standard InChI is InChI=1S/C13H19N3O2/c1-10-5-3-7-12(16(17)18)13(10)14-9-11-6-4-8-15(11)2/h3,5,7,11,14H,4,6,8-9H2,1-2H3. The summed E-state index contributed by atoms with van der Waals surface area (Å²) in [6.45, 7) is 3.78. The summed E-state index contributed by atoms with van der Waals surface area (Å²) in [6, 6.07) is 5.64. The van der Waals surface area contributed by atoms with Crippen LogP contribution in [0, 0.1) is 17.0 Å². The number of nitrogens with one attached hydrogen (secondary N) is 1. The first-order chi connectivity index (χ1) is 8.59. The molecule has 2 rings (SSSR count). The fraction of sp³-hybridized carbons (Fsp3) is 0.538. The molecule has 18 heavy (non-hydrogen) atoms. The number of nitro groups is 1. The number of likely N-dealkylation sites (tertiary alicyclic amines) is 1. The third-order valence-electron chi connectivity index (χ3n) is 3.63. The molecule has 0 radical (unpaired) electrons. The van der Waals surface area contributed by atoms with Crippen LogP contribution >= 0.6 is 0 Å². The summed E-state index contributed by atoms with van der Waals surface area (Å²) in [4.78, 5) is 13.0. The maximum absolute atomic E-state index is 11.0. The molecule has 1 aromatic carbocycles. The largest absolute Gasteiger partial charge is 0.378 e. The van der Waals surface area contributed by atoms with E-state index in [2.05, 4.69) is 17.3 Å². The third-order valence-corrected chi connectivity index (χ3v) is 3.63. The van der Waals surface area contributed by atoms with E-state index in [0.29, 0.717) is 11.7 Å². The normalized spacial score (nSPS) is 20.0. The maximum Gasteiger partial charge on any atom is 0.292 e. The summed E-state index contributed by atoms with van der Waals surface area (Å²) >= 11 is 0. The molecule has 1 saturated heterocycles. The van der Waals surface area contributed by atoms with Crippen LogP contribution in [0.25, 0.3) is 0 Å². The number of likely N-dealkylation sites (N-methyl/N-ethyl adjacent to an activating group) is 1. The molecule has 0 aromatic heterocycles. The van der Waals surface area contributed by atoms with Crippen molar-refractivity contribution < 1.29 is 4.92 Å². The van der Waals surface area contributed by atoms with Gasteiger partial charge in [-0.25, -0.2) is 0 Å². The number of aryl methyl sites for hydroxylation is 1. The summed E-state index contributed by atoms with van der Waals surface area (Å²) in [5.74, 6) is 0. The molecule has 1 heterocycles. The van der Waals surface area contributed by atoms with Crippen molar-refractivity contribution in [2.24, 2.45) is 0 Å². The maximum atomic E-state index is 11.0. The zero-order chi connectivity index (χ0) is 13.1. The number of nitro benzene ring substituents is 1. The summed E-state index contributed by atoms with van der Waals surface area (Å²) in [5.41, 5.74) is 1.74. The molecule has 1 unspecified atom stereocenters. The van der Waals surface area contributed by atoms with Crippen molar-refractivity contribution in [3.63, 3.8) is 0 Å². The minimum absolute atomic E-state index is 0.163. The number of hydrogen-bond acceptors (Lipinski definition) is 4. The number of para-hydroxylation sites is 1. The molecule has 0 bridgehead atoms. The quantitative estimate of drug-likeness (QED) is 0.657. The highest BCUT2D eigenvalue weighted by Crippen LogP contribution is 2.28. The van der Waals surface area contributed by atoms with Gasteiger partial charge in [-0.3, -0.25) is 10.1 Å². The molecule has 98 valence electrons. The van der Waals surface area contributed by atoms with Crippen molar-refractivity contribution in [3.05, 3.63) is 33.9 Å². The minimum atomic E-state index is -0.326. The topological polar surface area (TPSA) is 58.4 Å². The average Bonchev–Trinajstić information content (AvgIpc) is 2.73. The summed E-state index contributed by atoms with van der Waals surface area (Å²) in [7, 11) is 2.10. The molecule has 1 atom stereocenters. The highest BCUT2D eigenvalue weighted by Gasteiger charge is 2.22. The molecule has 0 spiro atoms. The van der Waals surface area contributed by atoms with Crippen molar-refractivity contribution in [2.45, 2.75) is 25.8 Å². The fourth-order valence-corrected chi connectivity index (χ4v) is 2.49. The van der Waals surface area contributed by atoms with E-state index in [-0.39, 0.29) is 10.6 Å². The van der Waals surface area contributed by atoms with Crippen LogP contribution in [0.2, 0.25) is 0 Å². The number of anilines is 1. The Bertz CT molecular complexity index is 448. The van der Waals surface area contributed by atoms with Gasteiger partial charge in [0.1, 0.15) is 5.69 Å². The van der Waals surface area contributed by atoms with Gasteiger partial charge in [-0.1, -0.05) is 12.1 Å². The van der Waals surface area contributed by atoms with E-state index in [0.717, 1.165) is 25.1 Å². The van der Waals surface area contributed by atoms with Gasteiger partial charge in [-0.2, -0.15) is 0 Å². The highest BCUT2D eigenvalue weighted by atomic mass is 16.6. The molecule has 5 heteroatoms.